The van der Waals surface area contributed by atoms with Crippen LogP contribution < -0.4 is 4.74 Å². The van der Waals surface area contributed by atoms with E-state index < -0.39 is 22.7 Å². The molecule has 2 heterocycles. The van der Waals surface area contributed by atoms with Crippen molar-refractivity contribution in [1.82, 2.24) is 9.88 Å². The highest BCUT2D eigenvalue weighted by atomic mass is 16.6. The molecule has 9 heteroatoms. The van der Waals surface area contributed by atoms with Crippen molar-refractivity contribution in [3.8, 4) is 5.75 Å². The van der Waals surface area contributed by atoms with Crippen molar-refractivity contribution in [2.75, 3.05) is 0 Å². The fourth-order valence-corrected chi connectivity index (χ4v) is 4.76. The van der Waals surface area contributed by atoms with Gasteiger partial charge in [-0.15, -0.1) is 0 Å². The summed E-state index contributed by atoms with van der Waals surface area (Å²) in [5.41, 5.74) is 2.63. The van der Waals surface area contributed by atoms with E-state index in [1.807, 2.05) is 30.3 Å². The van der Waals surface area contributed by atoms with Crippen LogP contribution in [0.3, 0.4) is 0 Å². The highest BCUT2D eigenvalue weighted by Crippen LogP contribution is 2.41. The van der Waals surface area contributed by atoms with Crippen LogP contribution in [0.2, 0.25) is 0 Å². The number of nitro groups is 1. The molecule has 1 fully saturated rings. The molecule has 1 saturated heterocycles. The van der Waals surface area contributed by atoms with E-state index in [-0.39, 0.29) is 23.6 Å². The van der Waals surface area contributed by atoms with Gasteiger partial charge in [0.2, 0.25) is 0 Å². The Hall–Kier alpha value is -5.31. The predicted molar refractivity (Wildman–Crippen MR) is 147 cm³/mol. The summed E-state index contributed by atoms with van der Waals surface area (Å²) in [6.45, 7) is 2.14. The number of pyridine rings is 1. The molecular formula is C31H25N3O6. The predicted octanol–water partition coefficient (Wildman–Crippen LogP) is 5.50. The van der Waals surface area contributed by atoms with Crippen LogP contribution in [0.15, 0.2) is 103 Å². The second kappa shape index (κ2) is 11.2. The van der Waals surface area contributed by atoms with Crippen LogP contribution in [0.1, 0.15) is 33.9 Å². The van der Waals surface area contributed by atoms with Crippen LogP contribution in [0, 0.1) is 17.0 Å². The Balaban J connectivity index is 1.55. The summed E-state index contributed by atoms with van der Waals surface area (Å²) in [7, 11) is 0. The highest BCUT2D eigenvalue weighted by Gasteiger charge is 2.46. The second-order valence-electron chi connectivity index (χ2n) is 9.39. The Morgan fingerprint density at radius 1 is 1.00 bits per heavy atom. The van der Waals surface area contributed by atoms with Gasteiger partial charge in [0.25, 0.3) is 17.4 Å². The van der Waals surface area contributed by atoms with E-state index in [2.05, 4.69) is 4.98 Å². The molecule has 9 nitrogen and oxygen atoms in total. The highest BCUT2D eigenvalue weighted by molar-refractivity contribution is 6.46. The third-order valence-electron chi connectivity index (χ3n) is 6.71. The molecule has 0 saturated carbocycles. The summed E-state index contributed by atoms with van der Waals surface area (Å²) in [5, 5.41) is 23.0. The molecule has 40 heavy (non-hydrogen) atoms. The molecule has 3 aromatic carbocycles. The summed E-state index contributed by atoms with van der Waals surface area (Å²) < 4.78 is 5.88. The number of carbonyl (C=O) groups is 2. The number of likely N-dealkylation sites (tertiary alicyclic amines) is 1. The van der Waals surface area contributed by atoms with Crippen molar-refractivity contribution in [2.45, 2.75) is 26.1 Å². The summed E-state index contributed by atoms with van der Waals surface area (Å²) in [5.74, 6) is -1.48. The molecule has 1 N–H and O–H groups in total. The number of aryl methyl sites for hydroxylation is 1. The summed E-state index contributed by atoms with van der Waals surface area (Å²) in [6.07, 6.45) is 3.16. The maximum Gasteiger partial charge on any atom is 0.295 e. The van der Waals surface area contributed by atoms with Crippen LogP contribution in [0.5, 0.6) is 5.75 Å². The molecule has 1 aliphatic heterocycles. The van der Waals surface area contributed by atoms with E-state index >= 15 is 0 Å². The average molecular weight is 536 g/mol. The monoisotopic (exact) mass is 535 g/mol. The Bertz CT molecular complexity index is 1620. The molecule has 0 radical (unpaired) electrons. The number of ketones is 1. The van der Waals surface area contributed by atoms with Gasteiger partial charge in [-0.2, -0.15) is 0 Å². The van der Waals surface area contributed by atoms with E-state index in [1.54, 1.807) is 55.7 Å². The Kier molecular flexibility index (Phi) is 7.37. The molecular weight excluding hydrogens is 510 g/mol. The Labute approximate surface area is 230 Å². The first-order chi connectivity index (χ1) is 19.3. The lowest BCUT2D eigenvalue weighted by atomic mass is 9.93. The van der Waals surface area contributed by atoms with Gasteiger partial charge in [0.05, 0.1) is 16.5 Å². The molecule has 1 aromatic heterocycles. The molecule has 5 rings (SSSR count). The Morgan fingerprint density at radius 2 is 1.77 bits per heavy atom. The van der Waals surface area contributed by atoms with Gasteiger partial charge in [-0.3, -0.25) is 24.7 Å². The van der Waals surface area contributed by atoms with E-state index in [1.165, 1.54) is 23.1 Å². The largest absolute Gasteiger partial charge is 0.507 e. The van der Waals surface area contributed by atoms with Crippen molar-refractivity contribution in [1.29, 1.82) is 0 Å². The van der Waals surface area contributed by atoms with Gasteiger partial charge in [-0.1, -0.05) is 48.5 Å². The molecule has 0 aliphatic carbocycles. The normalized spacial score (nSPS) is 16.2. The number of aromatic nitrogens is 1. The van der Waals surface area contributed by atoms with Gasteiger partial charge in [-0.05, 0) is 53.4 Å². The maximum absolute atomic E-state index is 13.4. The quantitative estimate of drug-likeness (QED) is 0.104. The molecule has 4 aromatic rings. The fraction of sp³-hybridized carbons (Fsp3) is 0.129. The minimum Gasteiger partial charge on any atom is -0.507 e. The minimum absolute atomic E-state index is 0.0216. The van der Waals surface area contributed by atoms with E-state index in [9.17, 15) is 24.8 Å². The number of rotatable bonds is 8. The van der Waals surface area contributed by atoms with Crippen LogP contribution in [0.25, 0.3) is 5.76 Å². The third-order valence-corrected chi connectivity index (χ3v) is 6.71. The molecule has 0 spiro atoms. The summed E-state index contributed by atoms with van der Waals surface area (Å²) in [4.78, 5) is 43.0. The lowest BCUT2D eigenvalue weighted by Crippen LogP contribution is -2.29. The van der Waals surface area contributed by atoms with Crippen molar-refractivity contribution in [2.24, 2.45) is 0 Å². The number of nitrogens with zero attached hydrogens (tertiary/aromatic N) is 3. The van der Waals surface area contributed by atoms with Gasteiger partial charge >= 0.3 is 0 Å². The number of amides is 1. The van der Waals surface area contributed by atoms with Crippen molar-refractivity contribution < 1.29 is 24.4 Å². The zero-order chi connectivity index (χ0) is 28.2. The molecule has 0 unspecified atom stereocenters. The first kappa shape index (κ1) is 26.3. The molecule has 1 aliphatic rings. The summed E-state index contributed by atoms with van der Waals surface area (Å²) >= 11 is 0. The standard InChI is InChI=1S/C31H25N3O6/c1-20-15-25(40-19-21-7-3-2-4-8-21)12-13-26(20)29(35)27-28(23-10-5-11-24(16-23)34(38)39)33(31(37)30(27)36)18-22-9-6-14-32-17-22/h2-17,28,35H,18-19H2,1H3/b29-27+/t28-/m0/s1. The van der Waals surface area contributed by atoms with E-state index in [0.29, 0.717) is 34.6 Å². The maximum atomic E-state index is 13.4. The number of aliphatic hydroxyl groups is 1. The molecule has 0 bridgehead atoms. The number of carbonyl (C=O) groups excluding carboxylic acids is 2. The van der Waals surface area contributed by atoms with E-state index in [4.69, 9.17) is 4.74 Å². The number of hydrogen-bond acceptors (Lipinski definition) is 7. The van der Waals surface area contributed by atoms with E-state index in [0.717, 1.165) is 5.56 Å². The SMILES string of the molecule is Cc1cc(OCc2ccccc2)ccc1/C(O)=C1\C(=O)C(=O)N(Cc2cccnc2)[C@H]1c1cccc([N+](=O)[O-])c1. The Morgan fingerprint density at radius 3 is 2.48 bits per heavy atom. The number of non-ortho nitro benzene ring substituents is 1. The zero-order valence-electron chi connectivity index (χ0n) is 21.6. The smallest absolute Gasteiger partial charge is 0.295 e. The van der Waals surface area contributed by atoms with Crippen molar-refractivity contribution >= 4 is 23.1 Å². The van der Waals surface area contributed by atoms with Gasteiger partial charge < -0.3 is 14.7 Å². The third kappa shape index (κ3) is 5.30. The van der Waals surface area contributed by atoms with Crippen LogP contribution in [-0.4, -0.2) is 31.6 Å². The van der Waals surface area contributed by atoms with Crippen molar-refractivity contribution in [3.63, 3.8) is 0 Å². The molecule has 1 amide bonds. The first-order valence-electron chi connectivity index (χ1n) is 12.5. The lowest BCUT2D eigenvalue weighted by molar-refractivity contribution is -0.384. The van der Waals surface area contributed by atoms with Gasteiger partial charge in [-0.25, -0.2) is 0 Å². The van der Waals surface area contributed by atoms with Crippen molar-refractivity contribution in [3.05, 3.63) is 141 Å². The first-order valence-corrected chi connectivity index (χ1v) is 12.5. The molecule has 200 valence electrons. The molecule has 1 atom stereocenters. The average Bonchev–Trinajstić information content (AvgIpc) is 3.22. The van der Waals surface area contributed by atoms with Crippen LogP contribution in [0.4, 0.5) is 5.69 Å². The number of ether oxygens (including phenoxy) is 1. The number of nitro benzene ring substituents is 1. The second-order valence-corrected chi connectivity index (χ2v) is 9.39. The minimum atomic E-state index is -1.05. The fourth-order valence-electron chi connectivity index (χ4n) is 4.76. The van der Waals surface area contributed by atoms with Crippen LogP contribution >= 0.6 is 0 Å². The van der Waals surface area contributed by atoms with Gasteiger partial charge in [0, 0.05) is 36.6 Å². The summed E-state index contributed by atoms with van der Waals surface area (Å²) in [6, 6.07) is 22.9. The topological polar surface area (TPSA) is 123 Å². The number of Topliss-reactive ketones (excluding diaryl/α,β-unsaturated/α-hetero) is 1. The zero-order valence-corrected chi connectivity index (χ0v) is 21.6. The number of benzene rings is 3. The number of hydrogen-bond donors (Lipinski definition) is 1. The van der Waals surface area contributed by atoms with Gasteiger partial charge in [0.1, 0.15) is 18.1 Å². The lowest BCUT2D eigenvalue weighted by Gasteiger charge is -2.25. The van der Waals surface area contributed by atoms with Gasteiger partial charge in [0.15, 0.2) is 0 Å². The van der Waals surface area contributed by atoms with Crippen LogP contribution in [-0.2, 0) is 22.7 Å². The number of aliphatic hydroxyl groups excluding tert-OH is 1.